The lowest BCUT2D eigenvalue weighted by Gasteiger charge is -2.23. The molecule has 8 heteroatoms. The number of aryl methyl sites for hydroxylation is 1. The van der Waals surface area contributed by atoms with E-state index >= 15 is 0 Å². The monoisotopic (exact) mass is 388 g/mol. The van der Waals surface area contributed by atoms with Crippen LogP contribution in [0.3, 0.4) is 0 Å². The average molecular weight is 388 g/mol. The molecule has 142 valence electrons. The number of carboxylic acids is 1. The molecule has 1 heterocycles. The van der Waals surface area contributed by atoms with Crippen molar-refractivity contribution < 1.29 is 23.1 Å². The van der Waals surface area contributed by atoms with Crippen molar-refractivity contribution in [1.82, 2.24) is 0 Å². The zero-order valence-corrected chi connectivity index (χ0v) is 15.9. The molecule has 0 aromatic heterocycles. The van der Waals surface area contributed by atoms with E-state index in [1.54, 1.807) is 35.2 Å². The number of carbonyl (C=O) groups excluding carboxylic acids is 1. The fourth-order valence-electron chi connectivity index (χ4n) is 3.14. The van der Waals surface area contributed by atoms with Gasteiger partial charge in [0, 0.05) is 19.2 Å². The van der Waals surface area contributed by atoms with E-state index in [-0.39, 0.29) is 16.5 Å². The molecule has 7 nitrogen and oxygen atoms in total. The highest BCUT2D eigenvalue weighted by Gasteiger charge is 2.30. The maximum absolute atomic E-state index is 13.2. The molecule has 2 aromatic carbocycles. The molecular weight excluding hydrogens is 368 g/mol. The predicted molar refractivity (Wildman–Crippen MR) is 102 cm³/mol. The number of sulfonamides is 1. The quantitative estimate of drug-likeness (QED) is 0.847. The smallest absolute Gasteiger partial charge is 0.324 e. The minimum atomic E-state index is -4.07. The van der Waals surface area contributed by atoms with Gasteiger partial charge in [0.2, 0.25) is 5.91 Å². The zero-order chi connectivity index (χ0) is 19.8. The van der Waals surface area contributed by atoms with Gasteiger partial charge in [-0.3, -0.25) is 13.9 Å². The van der Waals surface area contributed by atoms with Gasteiger partial charge in [-0.1, -0.05) is 17.7 Å². The molecule has 0 atom stereocenters. The molecule has 0 radical (unpaired) electrons. The first-order valence-corrected chi connectivity index (χ1v) is 9.86. The third-order valence-electron chi connectivity index (χ3n) is 4.52. The molecule has 0 aliphatic carbocycles. The number of amides is 1. The Balaban J connectivity index is 2.03. The summed E-state index contributed by atoms with van der Waals surface area (Å²) in [4.78, 5) is 24.6. The Labute approximate surface area is 157 Å². The van der Waals surface area contributed by atoms with Crippen molar-refractivity contribution in [3.05, 3.63) is 53.6 Å². The average Bonchev–Trinajstić information content (AvgIpc) is 3.03. The van der Waals surface area contributed by atoms with Gasteiger partial charge in [0.1, 0.15) is 6.54 Å². The summed E-state index contributed by atoms with van der Waals surface area (Å²) in [6.45, 7) is 3.15. The normalized spacial score (nSPS) is 13.3. The number of aliphatic carboxylic acids is 1. The second-order valence-corrected chi connectivity index (χ2v) is 8.31. The van der Waals surface area contributed by atoms with Crippen LogP contribution in [0.1, 0.15) is 18.1 Å². The minimum Gasteiger partial charge on any atom is -0.480 e. The first kappa shape index (κ1) is 18.9. The number of carbonyl (C=O) groups is 2. The van der Waals surface area contributed by atoms with Crippen molar-refractivity contribution in [2.24, 2.45) is 0 Å². The van der Waals surface area contributed by atoms with Crippen LogP contribution in [0.5, 0.6) is 0 Å². The molecule has 0 spiro atoms. The van der Waals surface area contributed by atoms with E-state index in [9.17, 15) is 23.1 Å². The standard InChI is InChI=1S/C19H20N2O5S/c1-13-3-5-16(6-4-13)21(12-19(23)24)27(25,26)17-7-8-18-15(11-17)9-10-20(18)14(2)22/h3-8,11H,9-10,12H2,1-2H3,(H,23,24). The minimum absolute atomic E-state index is 0.00785. The Morgan fingerprint density at radius 3 is 2.41 bits per heavy atom. The molecule has 0 saturated heterocycles. The lowest BCUT2D eigenvalue weighted by molar-refractivity contribution is -0.135. The van der Waals surface area contributed by atoms with E-state index in [1.165, 1.54) is 19.1 Å². The van der Waals surface area contributed by atoms with Gasteiger partial charge in [-0.05, 0) is 49.2 Å². The van der Waals surface area contributed by atoms with E-state index in [0.29, 0.717) is 18.7 Å². The number of hydrogen-bond acceptors (Lipinski definition) is 4. The number of hydrogen-bond donors (Lipinski definition) is 1. The Bertz CT molecular complexity index is 999. The SMILES string of the molecule is CC(=O)N1CCc2cc(S(=O)(=O)N(CC(=O)O)c3ccc(C)cc3)ccc21. The Hall–Kier alpha value is -2.87. The number of rotatable bonds is 5. The molecule has 0 bridgehead atoms. The number of benzene rings is 2. The van der Waals surface area contributed by atoms with Crippen molar-refractivity contribution in [1.29, 1.82) is 0 Å². The van der Waals surface area contributed by atoms with Crippen molar-refractivity contribution in [3.63, 3.8) is 0 Å². The Morgan fingerprint density at radius 1 is 1.15 bits per heavy atom. The van der Waals surface area contributed by atoms with Gasteiger partial charge in [0.05, 0.1) is 10.6 Å². The van der Waals surface area contributed by atoms with Gasteiger partial charge >= 0.3 is 5.97 Å². The van der Waals surface area contributed by atoms with E-state index in [4.69, 9.17) is 0 Å². The van der Waals surface area contributed by atoms with Crippen LogP contribution >= 0.6 is 0 Å². The largest absolute Gasteiger partial charge is 0.480 e. The highest BCUT2D eigenvalue weighted by Crippen LogP contribution is 2.32. The summed E-state index contributed by atoms with van der Waals surface area (Å²) in [6, 6.07) is 11.2. The number of carboxylic acid groups (broad SMARTS) is 1. The van der Waals surface area contributed by atoms with Gasteiger partial charge in [-0.25, -0.2) is 8.42 Å². The van der Waals surface area contributed by atoms with Crippen LogP contribution in [-0.2, 0) is 26.0 Å². The van der Waals surface area contributed by atoms with Crippen LogP contribution in [0, 0.1) is 6.92 Å². The lowest BCUT2D eigenvalue weighted by atomic mass is 10.2. The summed E-state index contributed by atoms with van der Waals surface area (Å²) in [6.07, 6.45) is 0.557. The van der Waals surface area contributed by atoms with E-state index in [1.807, 2.05) is 6.92 Å². The Morgan fingerprint density at radius 2 is 1.81 bits per heavy atom. The molecule has 0 fully saturated rings. The van der Waals surface area contributed by atoms with Gasteiger partial charge < -0.3 is 10.0 Å². The third kappa shape index (κ3) is 3.66. The van der Waals surface area contributed by atoms with Crippen LogP contribution < -0.4 is 9.21 Å². The molecule has 0 unspecified atom stereocenters. The molecule has 3 rings (SSSR count). The van der Waals surface area contributed by atoms with Crippen molar-refractivity contribution in [2.75, 3.05) is 22.3 Å². The summed E-state index contributed by atoms with van der Waals surface area (Å²) in [5.41, 5.74) is 2.68. The summed E-state index contributed by atoms with van der Waals surface area (Å²) in [7, 11) is -4.07. The molecule has 2 aromatic rings. The van der Waals surface area contributed by atoms with Crippen molar-refractivity contribution in [3.8, 4) is 0 Å². The Kier molecular flexibility index (Phi) is 4.93. The maximum atomic E-state index is 13.2. The second-order valence-electron chi connectivity index (χ2n) is 6.45. The summed E-state index contributed by atoms with van der Waals surface area (Å²) in [5, 5.41) is 9.21. The van der Waals surface area contributed by atoms with Crippen LogP contribution in [-0.4, -0.2) is 38.5 Å². The highest BCUT2D eigenvalue weighted by atomic mass is 32.2. The lowest BCUT2D eigenvalue weighted by Crippen LogP contribution is -2.35. The maximum Gasteiger partial charge on any atom is 0.324 e. The summed E-state index contributed by atoms with van der Waals surface area (Å²) >= 11 is 0. The molecule has 0 saturated carbocycles. The fraction of sp³-hybridized carbons (Fsp3) is 0.263. The molecule has 1 aliphatic rings. The number of nitrogens with zero attached hydrogens (tertiary/aromatic N) is 2. The van der Waals surface area contributed by atoms with Crippen molar-refractivity contribution in [2.45, 2.75) is 25.2 Å². The number of fused-ring (bicyclic) bond motifs is 1. The van der Waals surface area contributed by atoms with Gasteiger partial charge in [-0.2, -0.15) is 0 Å². The first-order chi connectivity index (χ1) is 12.7. The molecule has 1 amide bonds. The highest BCUT2D eigenvalue weighted by molar-refractivity contribution is 7.92. The van der Waals surface area contributed by atoms with E-state index < -0.39 is 22.5 Å². The van der Waals surface area contributed by atoms with Crippen molar-refractivity contribution >= 4 is 33.3 Å². The topological polar surface area (TPSA) is 95.0 Å². The fourth-order valence-corrected chi connectivity index (χ4v) is 4.61. The molecular formula is C19H20N2O5S. The van der Waals surface area contributed by atoms with Crippen LogP contribution in [0.25, 0.3) is 0 Å². The summed E-state index contributed by atoms with van der Waals surface area (Å²) in [5.74, 6) is -1.35. The number of anilines is 2. The van der Waals surface area contributed by atoms with E-state index in [2.05, 4.69) is 0 Å². The summed E-state index contributed by atoms with van der Waals surface area (Å²) < 4.78 is 27.2. The van der Waals surface area contributed by atoms with Gasteiger partial charge in [0.15, 0.2) is 0 Å². The van der Waals surface area contributed by atoms with E-state index in [0.717, 1.165) is 15.4 Å². The van der Waals surface area contributed by atoms with Crippen LogP contribution in [0.2, 0.25) is 0 Å². The molecule has 1 N–H and O–H groups in total. The third-order valence-corrected chi connectivity index (χ3v) is 6.29. The van der Waals surface area contributed by atoms with Gasteiger partial charge in [-0.15, -0.1) is 0 Å². The predicted octanol–water partition coefficient (Wildman–Crippen LogP) is 2.18. The first-order valence-electron chi connectivity index (χ1n) is 8.42. The molecule has 27 heavy (non-hydrogen) atoms. The van der Waals surface area contributed by atoms with Crippen LogP contribution in [0.4, 0.5) is 11.4 Å². The van der Waals surface area contributed by atoms with Crippen LogP contribution in [0.15, 0.2) is 47.4 Å². The van der Waals surface area contributed by atoms with Gasteiger partial charge in [0.25, 0.3) is 10.0 Å². The second kappa shape index (κ2) is 7.03. The molecule has 1 aliphatic heterocycles. The zero-order valence-electron chi connectivity index (χ0n) is 15.0.